The summed E-state index contributed by atoms with van der Waals surface area (Å²) in [5.74, 6) is 1.07. The molecule has 1 N–H and O–H groups in total. The summed E-state index contributed by atoms with van der Waals surface area (Å²) < 4.78 is 10.8. The minimum atomic E-state index is -0.211. The molecule has 0 aliphatic heterocycles. The van der Waals surface area contributed by atoms with Gasteiger partial charge in [-0.15, -0.1) is 11.8 Å². The molecule has 0 aromatic heterocycles. The van der Waals surface area contributed by atoms with E-state index in [-0.39, 0.29) is 12.3 Å². The monoisotopic (exact) mass is 392 g/mol. The van der Waals surface area contributed by atoms with E-state index >= 15 is 0 Å². The third-order valence-corrected chi connectivity index (χ3v) is 4.56. The van der Waals surface area contributed by atoms with Crippen molar-refractivity contribution in [2.45, 2.75) is 18.2 Å². The van der Waals surface area contributed by atoms with Crippen LogP contribution in [0.3, 0.4) is 0 Å². The van der Waals surface area contributed by atoms with Crippen molar-refractivity contribution in [1.29, 1.82) is 0 Å². The molecule has 0 bridgehead atoms. The van der Waals surface area contributed by atoms with Gasteiger partial charge >= 0.3 is 0 Å². The van der Waals surface area contributed by atoms with E-state index in [0.29, 0.717) is 23.1 Å². The van der Waals surface area contributed by atoms with Crippen LogP contribution in [0.15, 0.2) is 46.4 Å². The summed E-state index contributed by atoms with van der Waals surface area (Å²) in [6, 6.07) is 11.0. The van der Waals surface area contributed by atoms with E-state index in [4.69, 9.17) is 21.1 Å². The SMILES string of the molecule is CCOc1cc(/C=N\NC(=O)Cc2cc(Cl)ccc2SC)ccc1OC. The molecule has 0 unspecified atom stereocenters. The number of nitrogens with zero attached hydrogens (tertiary/aromatic N) is 1. The highest BCUT2D eigenvalue weighted by Crippen LogP contribution is 2.27. The number of ether oxygens (including phenoxy) is 2. The Bertz CT molecular complexity index is 796. The summed E-state index contributed by atoms with van der Waals surface area (Å²) in [7, 11) is 1.59. The molecule has 2 aromatic rings. The highest BCUT2D eigenvalue weighted by atomic mass is 35.5. The van der Waals surface area contributed by atoms with Crippen LogP contribution in [0, 0.1) is 0 Å². The van der Waals surface area contributed by atoms with Crippen LogP contribution in [-0.2, 0) is 11.2 Å². The first kappa shape index (κ1) is 20.1. The zero-order valence-corrected chi connectivity index (χ0v) is 16.5. The number of nitrogens with one attached hydrogen (secondary N) is 1. The number of hydrazone groups is 1. The molecule has 0 heterocycles. The Kier molecular flexibility index (Phi) is 7.81. The van der Waals surface area contributed by atoms with Crippen LogP contribution in [0.5, 0.6) is 11.5 Å². The number of hydrogen-bond donors (Lipinski definition) is 1. The Balaban J connectivity index is 2.01. The van der Waals surface area contributed by atoms with E-state index in [1.165, 1.54) is 0 Å². The Labute approximate surface area is 162 Å². The molecule has 0 fully saturated rings. The topological polar surface area (TPSA) is 59.9 Å². The van der Waals surface area contributed by atoms with Gasteiger partial charge < -0.3 is 9.47 Å². The van der Waals surface area contributed by atoms with Gasteiger partial charge in [0.15, 0.2) is 11.5 Å². The molecule has 0 radical (unpaired) electrons. The summed E-state index contributed by atoms with van der Waals surface area (Å²) in [4.78, 5) is 13.1. The second kappa shape index (κ2) is 10.1. The van der Waals surface area contributed by atoms with Gasteiger partial charge in [-0.05, 0) is 60.7 Å². The van der Waals surface area contributed by atoms with Gasteiger partial charge in [0.1, 0.15) is 0 Å². The van der Waals surface area contributed by atoms with E-state index in [9.17, 15) is 4.79 Å². The fourth-order valence-corrected chi connectivity index (χ4v) is 3.11. The zero-order valence-electron chi connectivity index (χ0n) is 14.9. The van der Waals surface area contributed by atoms with Crippen LogP contribution in [0.2, 0.25) is 5.02 Å². The first-order valence-corrected chi connectivity index (χ1v) is 9.62. The Morgan fingerprint density at radius 3 is 2.77 bits per heavy atom. The maximum absolute atomic E-state index is 12.1. The molecule has 0 spiro atoms. The molecule has 0 saturated heterocycles. The van der Waals surface area contributed by atoms with Crippen LogP contribution in [-0.4, -0.2) is 32.1 Å². The van der Waals surface area contributed by atoms with E-state index in [0.717, 1.165) is 16.0 Å². The molecule has 2 rings (SSSR count). The predicted octanol–water partition coefficient (Wildman–Crippen LogP) is 4.16. The van der Waals surface area contributed by atoms with Crippen molar-refractivity contribution >= 4 is 35.5 Å². The molecule has 0 aliphatic rings. The fraction of sp³-hybridized carbons (Fsp3) is 0.263. The molecule has 0 aliphatic carbocycles. The second-order valence-corrected chi connectivity index (χ2v) is 6.55. The van der Waals surface area contributed by atoms with Gasteiger partial charge in [0.2, 0.25) is 5.91 Å². The lowest BCUT2D eigenvalue weighted by Crippen LogP contribution is -2.20. The van der Waals surface area contributed by atoms with E-state index in [1.807, 2.05) is 31.4 Å². The van der Waals surface area contributed by atoms with Gasteiger partial charge in [-0.3, -0.25) is 4.79 Å². The number of carbonyl (C=O) groups is 1. The van der Waals surface area contributed by atoms with E-state index in [1.54, 1.807) is 43.3 Å². The molecule has 5 nitrogen and oxygen atoms in total. The highest BCUT2D eigenvalue weighted by Gasteiger charge is 2.08. The van der Waals surface area contributed by atoms with Crippen LogP contribution in [0.25, 0.3) is 0 Å². The minimum absolute atomic E-state index is 0.209. The van der Waals surface area contributed by atoms with Crippen LogP contribution in [0.1, 0.15) is 18.1 Å². The van der Waals surface area contributed by atoms with Crippen LogP contribution < -0.4 is 14.9 Å². The number of hydrogen-bond acceptors (Lipinski definition) is 5. The summed E-state index contributed by atoms with van der Waals surface area (Å²) in [6.07, 6.45) is 3.73. The first-order chi connectivity index (χ1) is 12.6. The van der Waals surface area contributed by atoms with Gasteiger partial charge in [-0.2, -0.15) is 5.10 Å². The molecule has 0 atom stereocenters. The minimum Gasteiger partial charge on any atom is -0.493 e. The molecule has 138 valence electrons. The van der Waals surface area contributed by atoms with Gasteiger partial charge in [0.05, 0.1) is 26.4 Å². The largest absolute Gasteiger partial charge is 0.493 e. The van der Waals surface area contributed by atoms with E-state index < -0.39 is 0 Å². The lowest BCUT2D eigenvalue weighted by atomic mass is 10.1. The van der Waals surface area contributed by atoms with E-state index in [2.05, 4.69) is 10.5 Å². The van der Waals surface area contributed by atoms with Crippen molar-refractivity contribution < 1.29 is 14.3 Å². The number of thioether (sulfide) groups is 1. The molecule has 0 saturated carbocycles. The smallest absolute Gasteiger partial charge is 0.244 e. The van der Waals surface area contributed by atoms with Crippen molar-refractivity contribution in [2.75, 3.05) is 20.0 Å². The zero-order chi connectivity index (χ0) is 18.9. The summed E-state index contributed by atoms with van der Waals surface area (Å²) in [6.45, 7) is 2.43. The van der Waals surface area contributed by atoms with Gasteiger partial charge in [-0.25, -0.2) is 5.43 Å². The Morgan fingerprint density at radius 2 is 2.08 bits per heavy atom. The standard InChI is InChI=1S/C19H21ClN2O3S/c1-4-25-17-9-13(5-7-16(17)24-2)12-21-22-19(23)11-14-10-15(20)6-8-18(14)26-3/h5-10,12H,4,11H2,1-3H3,(H,22,23)/b21-12-. The predicted molar refractivity (Wildman–Crippen MR) is 107 cm³/mol. The third kappa shape index (κ3) is 5.68. The van der Waals surface area contributed by atoms with Gasteiger partial charge in [0, 0.05) is 9.92 Å². The molecule has 26 heavy (non-hydrogen) atoms. The van der Waals surface area contributed by atoms with Crippen LogP contribution >= 0.6 is 23.4 Å². The van der Waals surface area contributed by atoms with Crippen molar-refractivity contribution in [3.8, 4) is 11.5 Å². The first-order valence-electron chi connectivity index (χ1n) is 8.02. The van der Waals surface area contributed by atoms with Crippen molar-refractivity contribution in [3.63, 3.8) is 0 Å². The average Bonchev–Trinajstić information content (AvgIpc) is 2.62. The van der Waals surface area contributed by atoms with Crippen molar-refractivity contribution in [2.24, 2.45) is 5.10 Å². The molecule has 7 heteroatoms. The van der Waals surface area contributed by atoms with Crippen molar-refractivity contribution in [1.82, 2.24) is 5.43 Å². The van der Waals surface area contributed by atoms with Crippen molar-refractivity contribution in [3.05, 3.63) is 52.5 Å². The Hall–Kier alpha value is -2.18. The summed E-state index contributed by atoms with van der Waals surface area (Å²) in [5.41, 5.74) is 4.21. The second-order valence-electron chi connectivity index (χ2n) is 5.27. The third-order valence-electron chi connectivity index (χ3n) is 3.48. The number of benzene rings is 2. The number of methoxy groups -OCH3 is 1. The Morgan fingerprint density at radius 1 is 1.27 bits per heavy atom. The normalized spacial score (nSPS) is 10.8. The fourth-order valence-electron chi connectivity index (χ4n) is 2.32. The number of carbonyl (C=O) groups excluding carboxylic acids is 1. The van der Waals surface area contributed by atoms with Gasteiger partial charge in [-0.1, -0.05) is 11.6 Å². The maximum Gasteiger partial charge on any atom is 0.244 e. The number of halogens is 1. The number of amides is 1. The summed E-state index contributed by atoms with van der Waals surface area (Å²) in [5, 5.41) is 4.62. The molecule has 1 amide bonds. The molecule has 2 aromatic carbocycles. The number of rotatable bonds is 8. The van der Waals surface area contributed by atoms with Gasteiger partial charge in [0.25, 0.3) is 0 Å². The quantitative estimate of drug-likeness (QED) is 0.416. The average molecular weight is 393 g/mol. The lowest BCUT2D eigenvalue weighted by molar-refractivity contribution is -0.120. The molecular weight excluding hydrogens is 372 g/mol. The lowest BCUT2D eigenvalue weighted by Gasteiger charge is -2.09. The van der Waals surface area contributed by atoms with Crippen LogP contribution in [0.4, 0.5) is 0 Å². The summed E-state index contributed by atoms with van der Waals surface area (Å²) >= 11 is 7.59. The molecular formula is C19H21ClN2O3S. The maximum atomic E-state index is 12.1. The highest BCUT2D eigenvalue weighted by molar-refractivity contribution is 7.98.